The van der Waals surface area contributed by atoms with Crippen molar-refractivity contribution >= 4 is 11.8 Å². The number of primary amides is 1. The molecule has 6 heteroatoms. The van der Waals surface area contributed by atoms with Gasteiger partial charge in [-0.2, -0.15) is 5.26 Å². The molecule has 8 atom stereocenters. The van der Waals surface area contributed by atoms with Gasteiger partial charge >= 0.3 is 0 Å². The third-order valence-electron chi connectivity index (χ3n) is 8.01. The van der Waals surface area contributed by atoms with E-state index in [1.54, 1.807) is 4.90 Å². The quantitative estimate of drug-likeness (QED) is 0.790. The van der Waals surface area contributed by atoms with Crippen LogP contribution in [-0.2, 0) is 9.59 Å². The van der Waals surface area contributed by atoms with Gasteiger partial charge in [0.1, 0.15) is 6.04 Å². The maximum absolute atomic E-state index is 13.0. The molecule has 2 amide bonds. The van der Waals surface area contributed by atoms with E-state index >= 15 is 0 Å². The van der Waals surface area contributed by atoms with E-state index in [4.69, 9.17) is 5.73 Å². The van der Waals surface area contributed by atoms with E-state index in [0.717, 1.165) is 19.3 Å². The molecule has 134 valence electrons. The van der Waals surface area contributed by atoms with E-state index in [2.05, 4.69) is 6.07 Å². The number of carbonyl (C=O) groups excluding carboxylic acids is 2. The fourth-order valence-corrected chi connectivity index (χ4v) is 7.14. The van der Waals surface area contributed by atoms with E-state index in [-0.39, 0.29) is 29.7 Å². The van der Waals surface area contributed by atoms with Gasteiger partial charge in [-0.15, -0.1) is 0 Å². The van der Waals surface area contributed by atoms with Crippen LogP contribution in [0.5, 0.6) is 0 Å². The molecule has 6 fully saturated rings. The average Bonchev–Trinajstić information content (AvgIpc) is 3.20. The van der Waals surface area contributed by atoms with Crippen molar-refractivity contribution in [3.63, 3.8) is 0 Å². The Balaban J connectivity index is 1.41. The summed E-state index contributed by atoms with van der Waals surface area (Å²) in [6.07, 6.45) is 4.93. The summed E-state index contributed by atoms with van der Waals surface area (Å²) in [4.78, 5) is 27.1. The van der Waals surface area contributed by atoms with E-state index in [0.29, 0.717) is 50.0 Å². The standard InChI is InChI=1S/C19H25N3O3/c20-7-15-13-2-12(13)8-22(15)16(23)3-14-11-1-10-4-18(25,6-11)9-19(14,5-10)17(21)24/h10-15,25H,1-6,8-9H2,(H2,21,24). The molecule has 0 aromatic carbocycles. The van der Waals surface area contributed by atoms with Crippen LogP contribution < -0.4 is 5.73 Å². The van der Waals surface area contributed by atoms with Crippen molar-refractivity contribution in [2.45, 2.75) is 56.6 Å². The molecule has 5 aliphatic carbocycles. The Morgan fingerprint density at radius 2 is 2.04 bits per heavy atom. The number of nitriles is 1. The Morgan fingerprint density at radius 1 is 1.24 bits per heavy atom. The summed E-state index contributed by atoms with van der Waals surface area (Å²) >= 11 is 0. The van der Waals surface area contributed by atoms with Crippen LogP contribution in [0, 0.1) is 46.3 Å². The molecule has 25 heavy (non-hydrogen) atoms. The van der Waals surface area contributed by atoms with E-state index in [9.17, 15) is 20.0 Å². The smallest absolute Gasteiger partial charge is 0.224 e. The number of likely N-dealkylation sites (tertiary alicyclic amines) is 1. The van der Waals surface area contributed by atoms with Gasteiger partial charge in [-0.3, -0.25) is 9.59 Å². The monoisotopic (exact) mass is 343 g/mol. The number of hydrogen-bond donors (Lipinski definition) is 2. The first-order valence-corrected chi connectivity index (χ1v) is 9.57. The second-order valence-electron chi connectivity index (χ2n) is 9.49. The first-order valence-electron chi connectivity index (χ1n) is 9.57. The highest BCUT2D eigenvalue weighted by atomic mass is 16.3. The number of nitrogens with two attached hydrogens (primary N) is 1. The lowest BCUT2D eigenvalue weighted by molar-refractivity contribution is -0.201. The van der Waals surface area contributed by atoms with Crippen LogP contribution in [0.1, 0.15) is 44.9 Å². The van der Waals surface area contributed by atoms with E-state index in [1.165, 1.54) is 0 Å². The topological polar surface area (TPSA) is 107 Å². The molecule has 6 aliphatic rings. The summed E-state index contributed by atoms with van der Waals surface area (Å²) in [5, 5.41) is 20.3. The van der Waals surface area contributed by atoms with Gasteiger partial charge in [0.05, 0.1) is 17.1 Å². The molecule has 0 aromatic heterocycles. The highest BCUT2D eigenvalue weighted by Crippen LogP contribution is 2.65. The fraction of sp³-hybridized carbons (Fsp3) is 0.842. The second-order valence-corrected chi connectivity index (χ2v) is 9.49. The number of amides is 2. The number of hydrogen-bond acceptors (Lipinski definition) is 4. The molecule has 8 unspecified atom stereocenters. The predicted octanol–water partition coefficient (Wildman–Crippen LogP) is 0.790. The zero-order chi connectivity index (χ0) is 17.6. The van der Waals surface area contributed by atoms with Gasteiger partial charge in [0.25, 0.3) is 0 Å². The number of fused-ring (bicyclic) bond motifs is 1. The number of rotatable bonds is 3. The van der Waals surface area contributed by atoms with Gasteiger partial charge in [0, 0.05) is 13.0 Å². The van der Waals surface area contributed by atoms with Crippen molar-refractivity contribution < 1.29 is 14.7 Å². The van der Waals surface area contributed by atoms with Crippen LogP contribution in [0.25, 0.3) is 0 Å². The van der Waals surface area contributed by atoms with Gasteiger partial charge in [0.2, 0.25) is 11.8 Å². The van der Waals surface area contributed by atoms with Crippen LogP contribution in [0.3, 0.4) is 0 Å². The molecule has 1 heterocycles. The van der Waals surface area contributed by atoms with E-state index < -0.39 is 11.0 Å². The molecule has 5 saturated carbocycles. The highest BCUT2D eigenvalue weighted by molar-refractivity contribution is 5.84. The molecule has 1 aliphatic heterocycles. The summed E-state index contributed by atoms with van der Waals surface area (Å²) < 4.78 is 0. The van der Waals surface area contributed by atoms with Crippen molar-refractivity contribution in [3.05, 3.63) is 0 Å². The van der Waals surface area contributed by atoms with Crippen LogP contribution in [0.2, 0.25) is 0 Å². The second kappa shape index (κ2) is 4.76. The summed E-state index contributed by atoms with van der Waals surface area (Å²) in [6.45, 7) is 0.690. The molecule has 6 rings (SSSR count). The van der Waals surface area contributed by atoms with Gasteiger partial charge in [-0.1, -0.05) is 0 Å². The van der Waals surface area contributed by atoms with Gasteiger partial charge in [-0.25, -0.2) is 0 Å². The Bertz CT molecular complexity index is 703. The third kappa shape index (κ3) is 2.05. The minimum absolute atomic E-state index is 0.00355. The molecular formula is C19H25N3O3. The molecule has 4 bridgehead atoms. The van der Waals surface area contributed by atoms with Crippen molar-refractivity contribution in [3.8, 4) is 6.07 Å². The molecule has 1 saturated heterocycles. The largest absolute Gasteiger partial charge is 0.390 e. The van der Waals surface area contributed by atoms with Gasteiger partial charge < -0.3 is 15.7 Å². The number of aliphatic hydroxyl groups is 1. The first kappa shape index (κ1) is 15.6. The van der Waals surface area contributed by atoms with Crippen LogP contribution in [-0.4, -0.2) is 40.0 Å². The minimum Gasteiger partial charge on any atom is -0.390 e. The lowest BCUT2D eigenvalue weighted by atomic mass is 9.43. The summed E-state index contributed by atoms with van der Waals surface area (Å²) in [5.74, 6) is 0.979. The zero-order valence-electron chi connectivity index (χ0n) is 14.4. The summed E-state index contributed by atoms with van der Waals surface area (Å²) in [6, 6.07) is 2.01. The fourth-order valence-electron chi connectivity index (χ4n) is 7.14. The van der Waals surface area contributed by atoms with Crippen LogP contribution in [0.4, 0.5) is 0 Å². The first-order chi connectivity index (χ1) is 11.8. The van der Waals surface area contributed by atoms with Crippen LogP contribution >= 0.6 is 0 Å². The highest BCUT2D eigenvalue weighted by Gasteiger charge is 2.65. The molecule has 0 aromatic rings. The van der Waals surface area contributed by atoms with Crippen LogP contribution in [0.15, 0.2) is 0 Å². The number of nitrogens with zero attached hydrogens (tertiary/aromatic N) is 2. The minimum atomic E-state index is -0.773. The molecule has 0 radical (unpaired) electrons. The average molecular weight is 343 g/mol. The van der Waals surface area contributed by atoms with E-state index in [1.807, 2.05) is 0 Å². The SMILES string of the molecule is N#CC1C2CC2CN1C(=O)CC1C2CC3CC(O)(C2)CC1(C(N)=O)C3. The maximum Gasteiger partial charge on any atom is 0.224 e. The Morgan fingerprint density at radius 3 is 2.72 bits per heavy atom. The van der Waals surface area contributed by atoms with Gasteiger partial charge in [0.15, 0.2) is 0 Å². The molecule has 0 spiro atoms. The maximum atomic E-state index is 13.0. The molecular weight excluding hydrogens is 318 g/mol. The molecule has 3 N–H and O–H groups in total. The predicted molar refractivity (Wildman–Crippen MR) is 87.5 cm³/mol. The molecule has 6 nitrogen and oxygen atoms in total. The van der Waals surface area contributed by atoms with Crippen molar-refractivity contribution in [1.82, 2.24) is 4.90 Å². The Hall–Kier alpha value is -1.61. The normalized spacial score (nSPS) is 51.9. The van der Waals surface area contributed by atoms with Gasteiger partial charge in [-0.05, 0) is 68.1 Å². The van der Waals surface area contributed by atoms with Crippen molar-refractivity contribution in [2.75, 3.05) is 6.54 Å². The Labute approximate surface area is 147 Å². The zero-order valence-corrected chi connectivity index (χ0v) is 14.4. The van der Waals surface area contributed by atoms with Crippen molar-refractivity contribution in [2.24, 2.45) is 40.7 Å². The lowest BCUT2D eigenvalue weighted by Crippen LogP contribution is -2.64. The van der Waals surface area contributed by atoms with Crippen molar-refractivity contribution in [1.29, 1.82) is 5.26 Å². The lowest BCUT2D eigenvalue weighted by Gasteiger charge is -2.62. The Kier molecular flexibility index (Phi) is 2.98. The number of carbonyl (C=O) groups is 2. The third-order valence-corrected chi connectivity index (χ3v) is 8.01. The number of piperidine rings is 1. The summed E-state index contributed by atoms with van der Waals surface area (Å²) in [5.41, 5.74) is 4.32. The summed E-state index contributed by atoms with van der Waals surface area (Å²) in [7, 11) is 0.